The first-order chi connectivity index (χ1) is 10.6. The lowest BCUT2D eigenvalue weighted by atomic mass is 10.2. The molecule has 0 radical (unpaired) electrons. The number of terminal acetylenes is 1. The van der Waals surface area contributed by atoms with Crippen LogP contribution >= 0.6 is 11.6 Å². The van der Waals surface area contributed by atoms with Crippen LogP contribution in [0.5, 0.6) is 0 Å². The maximum Gasteiger partial charge on any atom is 0.242 e. The van der Waals surface area contributed by atoms with Crippen molar-refractivity contribution in [3.05, 3.63) is 47.2 Å². The number of hydrogen-bond acceptors (Lipinski definition) is 3. The van der Waals surface area contributed by atoms with Gasteiger partial charge in [0.05, 0.1) is 25.0 Å². The minimum absolute atomic E-state index is 0.150. The van der Waals surface area contributed by atoms with Crippen molar-refractivity contribution in [2.45, 2.75) is 19.5 Å². The third-order valence-electron chi connectivity index (χ3n) is 3.03. The molecule has 0 saturated heterocycles. The van der Waals surface area contributed by atoms with E-state index in [1.54, 1.807) is 17.8 Å². The van der Waals surface area contributed by atoms with Crippen LogP contribution in [0.1, 0.15) is 12.5 Å². The van der Waals surface area contributed by atoms with E-state index in [1.165, 1.54) is 0 Å². The molecule has 0 aliphatic heterocycles. The van der Waals surface area contributed by atoms with Gasteiger partial charge in [0, 0.05) is 11.2 Å². The molecule has 2 N–H and O–H groups in total. The third-order valence-corrected chi connectivity index (χ3v) is 3.28. The standard InChI is InChI=1S/C16H17ClN4O/c1-3-8-18-16(22)12(2)20-15-9-19-21(11-15)10-13-4-6-14(17)7-5-13/h1,4-7,9,11-12,20H,8,10H2,2H3,(H,18,22)/t12-/m0/s1. The average molecular weight is 317 g/mol. The minimum atomic E-state index is -0.387. The smallest absolute Gasteiger partial charge is 0.242 e. The van der Waals surface area contributed by atoms with Gasteiger partial charge in [-0.2, -0.15) is 5.10 Å². The largest absolute Gasteiger partial charge is 0.371 e. The van der Waals surface area contributed by atoms with Crippen LogP contribution in [0.2, 0.25) is 5.02 Å². The van der Waals surface area contributed by atoms with E-state index in [0.717, 1.165) is 11.3 Å². The predicted molar refractivity (Wildman–Crippen MR) is 87.7 cm³/mol. The van der Waals surface area contributed by atoms with Crippen LogP contribution < -0.4 is 10.6 Å². The van der Waals surface area contributed by atoms with E-state index in [-0.39, 0.29) is 18.5 Å². The third kappa shape index (κ3) is 4.54. The molecule has 114 valence electrons. The maximum atomic E-state index is 11.7. The summed E-state index contributed by atoms with van der Waals surface area (Å²) in [7, 11) is 0. The summed E-state index contributed by atoms with van der Waals surface area (Å²) >= 11 is 5.86. The van der Waals surface area contributed by atoms with Gasteiger partial charge in [-0.25, -0.2) is 0 Å². The van der Waals surface area contributed by atoms with E-state index >= 15 is 0 Å². The topological polar surface area (TPSA) is 59.0 Å². The molecule has 6 heteroatoms. The van der Waals surface area contributed by atoms with Crippen molar-refractivity contribution in [1.29, 1.82) is 0 Å². The summed E-state index contributed by atoms with van der Waals surface area (Å²) in [4.78, 5) is 11.7. The van der Waals surface area contributed by atoms with Crippen LogP contribution in [0.3, 0.4) is 0 Å². The van der Waals surface area contributed by atoms with E-state index in [1.807, 2.05) is 30.5 Å². The van der Waals surface area contributed by atoms with Gasteiger partial charge in [-0.05, 0) is 24.6 Å². The van der Waals surface area contributed by atoms with Gasteiger partial charge in [-0.1, -0.05) is 29.7 Å². The second kappa shape index (κ2) is 7.53. The van der Waals surface area contributed by atoms with Crippen LogP contribution in [-0.4, -0.2) is 28.3 Å². The second-order valence-electron chi connectivity index (χ2n) is 4.84. The second-order valence-corrected chi connectivity index (χ2v) is 5.28. The lowest BCUT2D eigenvalue weighted by Crippen LogP contribution is -2.37. The highest BCUT2D eigenvalue weighted by Gasteiger charge is 2.12. The molecule has 5 nitrogen and oxygen atoms in total. The number of aromatic nitrogens is 2. The lowest BCUT2D eigenvalue weighted by molar-refractivity contribution is -0.121. The predicted octanol–water partition coefficient (Wildman–Crippen LogP) is 2.13. The number of amides is 1. The fourth-order valence-corrected chi connectivity index (χ4v) is 2.03. The summed E-state index contributed by atoms with van der Waals surface area (Å²) < 4.78 is 1.79. The zero-order chi connectivity index (χ0) is 15.9. The first-order valence-electron chi connectivity index (χ1n) is 6.83. The SMILES string of the molecule is C#CCNC(=O)[C@H](C)Nc1cnn(Cc2ccc(Cl)cc2)c1. The molecule has 0 aliphatic rings. The molecule has 0 unspecified atom stereocenters. The van der Waals surface area contributed by atoms with Crippen molar-refractivity contribution in [1.82, 2.24) is 15.1 Å². The number of halogens is 1. The Kier molecular flexibility index (Phi) is 5.45. The Bertz CT molecular complexity index is 672. The van der Waals surface area contributed by atoms with Crippen molar-refractivity contribution in [2.75, 3.05) is 11.9 Å². The van der Waals surface area contributed by atoms with Gasteiger partial charge in [0.2, 0.25) is 5.91 Å². The summed E-state index contributed by atoms with van der Waals surface area (Å²) in [5, 5.41) is 10.7. The minimum Gasteiger partial charge on any atom is -0.371 e. The molecular formula is C16H17ClN4O. The summed E-state index contributed by atoms with van der Waals surface area (Å²) in [6, 6.07) is 7.20. The normalized spacial score (nSPS) is 11.5. The zero-order valence-electron chi connectivity index (χ0n) is 12.2. The number of hydrogen-bond donors (Lipinski definition) is 2. The molecule has 0 spiro atoms. The first-order valence-corrected chi connectivity index (χ1v) is 7.21. The van der Waals surface area contributed by atoms with Gasteiger partial charge < -0.3 is 10.6 Å². The number of anilines is 1. The molecule has 1 aromatic carbocycles. The fourth-order valence-electron chi connectivity index (χ4n) is 1.91. The zero-order valence-corrected chi connectivity index (χ0v) is 13.0. The molecule has 22 heavy (non-hydrogen) atoms. The molecule has 0 aliphatic carbocycles. The number of rotatable bonds is 6. The first kappa shape index (κ1) is 15.9. The van der Waals surface area contributed by atoms with E-state index < -0.39 is 0 Å². The van der Waals surface area contributed by atoms with Gasteiger partial charge in [-0.15, -0.1) is 6.42 Å². The number of carbonyl (C=O) groups is 1. The van der Waals surface area contributed by atoms with Crippen LogP contribution in [0.15, 0.2) is 36.7 Å². The number of nitrogens with one attached hydrogen (secondary N) is 2. The Labute approximate surface area is 134 Å². The number of carbonyl (C=O) groups excluding carboxylic acids is 1. The average Bonchev–Trinajstić information content (AvgIpc) is 2.94. The maximum absolute atomic E-state index is 11.7. The van der Waals surface area contributed by atoms with E-state index in [9.17, 15) is 4.79 Å². The van der Waals surface area contributed by atoms with Gasteiger partial charge in [-0.3, -0.25) is 9.48 Å². The Morgan fingerprint density at radius 3 is 2.86 bits per heavy atom. The molecular weight excluding hydrogens is 300 g/mol. The Morgan fingerprint density at radius 2 is 2.18 bits per heavy atom. The molecule has 1 atom stereocenters. The van der Waals surface area contributed by atoms with Crippen molar-refractivity contribution in [2.24, 2.45) is 0 Å². The van der Waals surface area contributed by atoms with Crippen molar-refractivity contribution in [3.63, 3.8) is 0 Å². The monoisotopic (exact) mass is 316 g/mol. The summed E-state index contributed by atoms with van der Waals surface area (Å²) in [6.45, 7) is 2.62. The van der Waals surface area contributed by atoms with Gasteiger partial charge in [0.25, 0.3) is 0 Å². The molecule has 0 bridgehead atoms. The summed E-state index contributed by atoms with van der Waals surface area (Å²) in [5.41, 5.74) is 1.87. The highest BCUT2D eigenvalue weighted by atomic mass is 35.5. The molecule has 1 heterocycles. The molecule has 1 amide bonds. The lowest BCUT2D eigenvalue weighted by Gasteiger charge is -2.12. The quantitative estimate of drug-likeness (QED) is 0.803. The van der Waals surface area contributed by atoms with E-state index in [2.05, 4.69) is 21.7 Å². The Balaban J connectivity index is 1.92. The Morgan fingerprint density at radius 1 is 1.45 bits per heavy atom. The molecule has 0 fully saturated rings. The summed E-state index contributed by atoms with van der Waals surface area (Å²) in [5.74, 6) is 2.22. The van der Waals surface area contributed by atoms with Crippen LogP contribution in [-0.2, 0) is 11.3 Å². The van der Waals surface area contributed by atoms with Crippen LogP contribution in [0.25, 0.3) is 0 Å². The van der Waals surface area contributed by atoms with Crippen molar-refractivity contribution < 1.29 is 4.79 Å². The fraction of sp³-hybridized carbons (Fsp3) is 0.250. The number of benzene rings is 1. The molecule has 2 aromatic rings. The van der Waals surface area contributed by atoms with Crippen LogP contribution in [0, 0.1) is 12.3 Å². The molecule has 0 saturated carbocycles. The van der Waals surface area contributed by atoms with E-state index in [0.29, 0.717) is 11.6 Å². The van der Waals surface area contributed by atoms with Gasteiger partial charge in [0.15, 0.2) is 0 Å². The van der Waals surface area contributed by atoms with Crippen molar-refractivity contribution >= 4 is 23.2 Å². The van der Waals surface area contributed by atoms with Gasteiger partial charge in [0.1, 0.15) is 6.04 Å². The number of nitrogens with zero attached hydrogens (tertiary/aromatic N) is 2. The molecule has 1 aromatic heterocycles. The van der Waals surface area contributed by atoms with Crippen molar-refractivity contribution in [3.8, 4) is 12.3 Å². The molecule has 2 rings (SSSR count). The summed E-state index contributed by atoms with van der Waals surface area (Å²) in [6.07, 6.45) is 8.64. The van der Waals surface area contributed by atoms with Gasteiger partial charge >= 0.3 is 0 Å². The Hall–Kier alpha value is -2.45. The van der Waals surface area contributed by atoms with Crippen LogP contribution in [0.4, 0.5) is 5.69 Å². The van der Waals surface area contributed by atoms with E-state index in [4.69, 9.17) is 18.0 Å². The highest BCUT2D eigenvalue weighted by Crippen LogP contribution is 2.12. The highest BCUT2D eigenvalue weighted by molar-refractivity contribution is 6.30.